The number of nitro groups is 1. The highest BCUT2D eigenvalue weighted by molar-refractivity contribution is 5.94. The molecule has 3 rings (SSSR count). The normalized spacial score (nSPS) is 10.5. The average molecular weight is 408 g/mol. The molecule has 0 aliphatic rings. The number of pyridine rings is 1. The zero-order valence-corrected chi connectivity index (χ0v) is 16.4. The maximum atomic E-state index is 11.6. The van der Waals surface area contributed by atoms with Gasteiger partial charge in [0.25, 0.3) is 5.69 Å². The largest absolute Gasteiger partial charge is 0.478 e. The van der Waals surface area contributed by atoms with E-state index in [4.69, 9.17) is 0 Å². The molecule has 2 aromatic heterocycles. The van der Waals surface area contributed by atoms with E-state index in [9.17, 15) is 20.0 Å². The van der Waals surface area contributed by atoms with Crippen molar-refractivity contribution < 1.29 is 14.8 Å². The van der Waals surface area contributed by atoms with Crippen LogP contribution in [-0.4, -0.2) is 44.0 Å². The molecule has 3 aromatic rings. The van der Waals surface area contributed by atoms with E-state index in [-0.39, 0.29) is 11.3 Å². The molecule has 1 aromatic carbocycles. The smallest absolute Gasteiger partial charge is 0.339 e. The first-order valence-electron chi connectivity index (χ1n) is 9.11. The Balaban J connectivity index is 1.68. The quantitative estimate of drug-likeness (QED) is 0.290. The number of carboxylic acid groups (broad SMARTS) is 1. The van der Waals surface area contributed by atoms with Crippen LogP contribution in [0, 0.1) is 24.0 Å². The van der Waals surface area contributed by atoms with E-state index >= 15 is 0 Å². The van der Waals surface area contributed by atoms with Gasteiger partial charge in [0.2, 0.25) is 5.95 Å². The molecular formula is C20H20N6O4. The van der Waals surface area contributed by atoms with Gasteiger partial charge in [-0.15, -0.1) is 0 Å². The van der Waals surface area contributed by atoms with Crippen LogP contribution in [0.15, 0.2) is 42.7 Å². The lowest BCUT2D eigenvalue weighted by Crippen LogP contribution is -2.16. The molecule has 154 valence electrons. The number of hydrogen-bond donors (Lipinski definition) is 3. The summed E-state index contributed by atoms with van der Waals surface area (Å²) in [5, 5.41) is 26.2. The minimum absolute atomic E-state index is 0.0250. The Labute approximate surface area is 172 Å². The van der Waals surface area contributed by atoms with Crippen molar-refractivity contribution in [2.24, 2.45) is 0 Å². The van der Waals surface area contributed by atoms with E-state index in [1.165, 1.54) is 24.5 Å². The SMILES string of the molecule is Cc1ccc(-c2nc(NCCNc3ccc([N+](=O)[O-])cn3)ncc2C(=O)O)cc1C. The lowest BCUT2D eigenvalue weighted by Gasteiger charge is -2.11. The molecule has 0 spiro atoms. The summed E-state index contributed by atoms with van der Waals surface area (Å²) >= 11 is 0. The molecule has 0 saturated carbocycles. The molecule has 0 radical (unpaired) electrons. The summed E-state index contributed by atoms with van der Waals surface area (Å²) in [5.41, 5.74) is 3.13. The number of aryl methyl sites for hydroxylation is 2. The lowest BCUT2D eigenvalue weighted by molar-refractivity contribution is -0.385. The summed E-state index contributed by atoms with van der Waals surface area (Å²) < 4.78 is 0. The zero-order chi connectivity index (χ0) is 21.7. The third-order valence-electron chi connectivity index (χ3n) is 4.47. The molecule has 3 N–H and O–H groups in total. The monoisotopic (exact) mass is 408 g/mol. The first kappa shape index (κ1) is 20.6. The first-order chi connectivity index (χ1) is 14.3. The number of anilines is 2. The lowest BCUT2D eigenvalue weighted by atomic mass is 10.0. The van der Waals surface area contributed by atoms with Crippen LogP contribution in [-0.2, 0) is 0 Å². The van der Waals surface area contributed by atoms with Crippen molar-refractivity contribution in [3.05, 3.63) is 69.5 Å². The number of nitrogens with zero attached hydrogens (tertiary/aromatic N) is 4. The summed E-state index contributed by atoms with van der Waals surface area (Å²) in [4.78, 5) is 34.2. The van der Waals surface area contributed by atoms with Crippen molar-refractivity contribution >= 4 is 23.4 Å². The Morgan fingerprint density at radius 2 is 1.83 bits per heavy atom. The van der Waals surface area contributed by atoms with Gasteiger partial charge < -0.3 is 15.7 Å². The van der Waals surface area contributed by atoms with Gasteiger partial charge >= 0.3 is 5.97 Å². The molecule has 0 bridgehead atoms. The van der Waals surface area contributed by atoms with E-state index in [1.54, 1.807) is 0 Å². The molecule has 10 heteroatoms. The summed E-state index contributed by atoms with van der Waals surface area (Å²) in [6.07, 6.45) is 2.47. The van der Waals surface area contributed by atoms with Crippen LogP contribution < -0.4 is 10.6 Å². The van der Waals surface area contributed by atoms with Crippen molar-refractivity contribution in [1.82, 2.24) is 15.0 Å². The number of aromatic nitrogens is 3. The fourth-order valence-corrected chi connectivity index (χ4v) is 2.70. The summed E-state index contributed by atoms with van der Waals surface area (Å²) in [7, 11) is 0. The molecule has 0 unspecified atom stereocenters. The molecule has 0 atom stereocenters. The molecular weight excluding hydrogens is 388 g/mol. The van der Waals surface area contributed by atoms with E-state index < -0.39 is 10.9 Å². The van der Waals surface area contributed by atoms with Gasteiger partial charge in [0.1, 0.15) is 17.6 Å². The van der Waals surface area contributed by atoms with E-state index in [1.807, 2.05) is 32.0 Å². The molecule has 30 heavy (non-hydrogen) atoms. The van der Waals surface area contributed by atoms with Crippen LogP contribution >= 0.6 is 0 Å². The molecule has 0 amide bonds. The molecule has 2 heterocycles. The fraction of sp³-hybridized carbons (Fsp3) is 0.200. The first-order valence-corrected chi connectivity index (χ1v) is 9.11. The Kier molecular flexibility index (Phi) is 6.16. The van der Waals surface area contributed by atoms with Crippen LogP contribution in [0.2, 0.25) is 0 Å². The second-order valence-corrected chi connectivity index (χ2v) is 6.57. The number of rotatable bonds is 8. The van der Waals surface area contributed by atoms with Crippen molar-refractivity contribution in [1.29, 1.82) is 0 Å². The highest BCUT2D eigenvalue weighted by Gasteiger charge is 2.16. The summed E-state index contributed by atoms with van der Waals surface area (Å²) in [6, 6.07) is 8.55. The second-order valence-electron chi connectivity index (χ2n) is 6.57. The number of aromatic carboxylic acids is 1. The van der Waals surface area contributed by atoms with Crippen LogP contribution in [0.3, 0.4) is 0 Å². The third-order valence-corrected chi connectivity index (χ3v) is 4.47. The number of hydrogen-bond acceptors (Lipinski definition) is 8. The highest BCUT2D eigenvalue weighted by Crippen LogP contribution is 2.24. The molecule has 10 nitrogen and oxygen atoms in total. The third kappa shape index (κ3) is 4.85. The summed E-state index contributed by atoms with van der Waals surface area (Å²) in [6.45, 7) is 4.82. The number of carboxylic acids is 1. The molecule has 0 aliphatic carbocycles. The zero-order valence-electron chi connectivity index (χ0n) is 16.4. The molecule has 0 aliphatic heterocycles. The van der Waals surface area contributed by atoms with Crippen molar-refractivity contribution in [2.45, 2.75) is 13.8 Å². The standard InChI is InChI=1S/C20H20N6O4/c1-12-3-4-14(9-13(12)2)18-16(19(27)28)11-24-20(25-18)22-8-7-21-17-6-5-15(10-23-17)26(29)30/h3-6,9-11H,7-8H2,1-2H3,(H,21,23)(H,27,28)(H,22,24,25). The maximum absolute atomic E-state index is 11.6. The van der Waals surface area contributed by atoms with Gasteiger partial charge in [-0.2, -0.15) is 0 Å². The molecule has 0 fully saturated rings. The van der Waals surface area contributed by atoms with Gasteiger partial charge in [0.15, 0.2) is 0 Å². The van der Waals surface area contributed by atoms with Crippen LogP contribution in [0.4, 0.5) is 17.5 Å². The van der Waals surface area contributed by atoms with E-state index in [0.29, 0.717) is 36.1 Å². The highest BCUT2D eigenvalue weighted by atomic mass is 16.6. The van der Waals surface area contributed by atoms with Crippen molar-refractivity contribution in [3.8, 4) is 11.3 Å². The Bertz CT molecular complexity index is 1090. The Morgan fingerprint density at radius 3 is 2.47 bits per heavy atom. The predicted molar refractivity (Wildman–Crippen MR) is 112 cm³/mol. The van der Waals surface area contributed by atoms with Crippen LogP contribution in [0.25, 0.3) is 11.3 Å². The number of benzene rings is 1. The van der Waals surface area contributed by atoms with Crippen LogP contribution in [0.5, 0.6) is 0 Å². The van der Waals surface area contributed by atoms with Gasteiger partial charge in [-0.3, -0.25) is 10.1 Å². The van der Waals surface area contributed by atoms with Crippen LogP contribution in [0.1, 0.15) is 21.5 Å². The van der Waals surface area contributed by atoms with Gasteiger partial charge in [0, 0.05) is 30.9 Å². The van der Waals surface area contributed by atoms with Gasteiger partial charge in [-0.25, -0.2) is 19.7 Å². The second kappa shape index (κ2) is 8.95. The van der Waals surface area contributed by atoms with Gasteiger partial charge in [-0.05, 0) is 37.1 Å². The Morgan fingerprint density at radius 1 is 1.07 bits per heavy atom. The summed E-state index contributed by atoms with van der Waals surface area (Å²) in [5.74, 6) is -0.298. The maximum Gasteiger partial charge on any atom is 0.339 e. The topological polar surface area (TPSA) is 143 Å². The Hall–Kier alpha value is -4.08. The predicted octanol–water partition coefficient (Wildman–Crippen LogP) is 3.29. The average Bonchev–Trinajstić information content (AvgIpc) is 2.73. The minimum Gasteiger partial charge on any atom is -0.478 e. The minimum atomic E-state index is -1.10. The van der Waals surface area contributed by atoms with Gasteiger partial charge in [-0.1, -0.05) is 12.1 Å². The number of nitrogens with one attached hydrogen (secondary N) is 2. The van der Waals surface area contributed by atoms with E-state index in [0.717, 1.165) is 11.1 Å². The van der Waals surface area contributed by atoms with Crippen molar-refractivity contribution in [3.63, 3.8) is 0 Å². The van der Waals surface area contributed by atoms with Gasteiger partial charge in [0.05, 0.1) is 10.6 Å². The number of carbonyl (C=O) groups is 1. The van der Waals surface area contributed by atoms with Crippen molar-refractivity contribution in [2.75, 3.05) is 23.7 Å². The fourth-order valence-electron chi connectivity index (χ4n) is 2.70. The molecule has 0 saturated heterocycles. The van der Waals surface area contributed by atoms with E-state index in [2.05, 4.69) is 25.6 Å².